The molecule has 0 heterocycles. The predicted molar refractivity (Wildman–Crippen MR) is 231 cm³/mol. The Labute approximate surface area is 340 Å². The number of hydrogen-bond donors (Lipinski definition) is 0. The Kier molecular flexibility index (Phi) is 38.6. The van der Waals surface area contributed by atoms with Gasteiger partial charge in [0.1, 0.15) is 19.3 Å². The molecule has 0 bridgehead atoms. The number of allylic oxidation sites excluding steroid dienone is 6. The first-order valence-corrected chi connectivity index (χ1v) is 24.2. The topological polar surface area (TPSA) is 94.1 Å². The molecule has 0 aliphatic heterocycles. The van der Waals surface area contributed by atoms with Crippen molar-refractivity contribution in [3.05, 3.63) is 36.5 Å². The van der Waals surface area contributed by atoms with Gasteiger partial charge in [0.05, 0.1) is 34.4 Å². The Balaban J connectivity index is 4.24. The van der Waals surface area contributed by atoms with Crippen molar-refractivity contribution in [2.75, 3.05) is 54.1 Å². The minimum absolute atomic E-state index is 0.0232. The van der Waals surface area contributed by atoms with Crippen LogP contribution in [0.2, 0.25) is 0 Å². The predicted octanol–water partition coefficient (Wildman–Crippen LogP) is 12.8. The third-order valence-electron chi connectivity index (χ3n) is 9.66. The van der Waals surface area contributed by atoms with Gasteiger partial charge in [-0.2, -0.15) is 0 Å². The van der Waals surface area contributed by atoms with Crippen molar-refractivity contribution in [1.82, 2.24) is 0 Å². The van der Waals surface area contributed by atoms with E-state index >= 15 is 0 Å². The van der Waals surface area contributed by atoms with E-state index in [-0.39, 0.29) is 25.8 Å². The molecule has 0 aromatic rings. The highest BCUT2D eigenvalue weighted by molar-refractivity contribution is 7.45. The van der Waals surface area contributed by atoms with Crippen LogP contribution in [0.25, 0.3) is 0 Å². The molecule has 0 aromatic heterocycles. The molecule has 0 aliphatic carbocycles. The number of phosphoric acid groups is 1. The molecule has 0 aliphatic rings. The SMILES string of the molecule is CCCCCC/C=C\C/C=C\CCCCCCCCCC(=O)OC(COCCCCCCCC/C=C\CCCCCCC)COP(=O)([O-])OCC[N+](C)(C)C. The van der Waals surface area contributed by atoms with Crippen molar-refractivity contribution in [2.24, 2.45) is 0 Å². The molecule has 0 radical (unpaired) electrons. The van der Waals surface area contributed by atoms with Crippen molar-refractivity contribution in [1.29, 1.82) is 0 Å². The van der Waals surface area contributed by atoms with Gasteiger partial charge in [-0.25, -0.2) is 0 Å². The number of unbranched alkanes of at least 4 members (excludes halogenated alkanes) is 22. The molecule has 0 spiro atoms. The standard InChI is InChI=1S/C46H88NO7P/c1-6-8-10-12-14-16-18-20-22-23-24-25-27-29-31-33-35-37-39-46(48)54-45(44-53-55(49,50)52-42-40-47(3,4)5)43-51-41-38-36-34-32-30-28-26-21-19-17-15-13-11-9-7-2/h16,18-19,21-23,45H,6-15,17,20,24-44H2,1-5H3/b18-16-,21-19-,23-22-. The minimum Gasteiger partial charge on any atom is -0.756 e. The zero-order valence-electron chi connectivity index (χ0n) is 36.6. The van der Waals surface area contributed by atoms with Crippen LogP contribution in [0, 0.1) is 0 Å². The lowest BCUT2D eigenvalue weighted by atomic mass is 10.1. The number of hydrogen-bond acceptors (Lipinski definition) is 7. The summed E-state index contributed by atoms with van der Waals surface area (Å²) >= 11 is 0. The molecule has 324 valence electrons. The van der Waals surface area contributed by atoms with Crippen molar-refractivity contribution >= 4 is 13.8 Å². The average molecular weight is 798 g/mol. The van der Waals surface area contributed by atoms with E-state index in [0.717, 1.165) is 44.9 Å². The van der Waals surface area contributed by atoms with Crippen LogP contribution >= 0.6 is 7.82 Å². The van der Waals surface area contributed by atoms with Crippen LogP contribution in [0.1, 0.15) is 194 Å². The summed E-state index contributed by atoms with van der Waals surface area (Å²) in [7, 11) is 1.35. The summed E-state index contributed by atoms with van der Waals surface area (Å²) in [5.74, 6) is -0.344. The van der Waals surface area contributed by atoms with Crippen LogP contribution in [-0.4, -0.2) is 70.7 Å². The van der Waals surface area contributed by atoms with Crippen LogP contribution in [0.3, 0.4) is 0 Å². The highest BCUT2D eigenvalue weighted by Crippen LogP contribution is 2.38. The third-order valence-corrected chi connectivity index (χ3v) is 10.6. The number of carbonyl (C=O) groups excluding carboxylic acids is 1. The second-order valence-corrected chi connectivity index (χ2v) is 17.8. The molecule has 0 aromatic carbocycles. The van der Waals surface area contributed by atoms with Gasteiger partial charge in [0.2, 0.25) is 0 Å². The van der Waals surface area contributed by atoms with E-state index in [2.05, 4.69) is 50.3 Å². The van der Waals surface area contributed by atoms with Crippen LogP contribution in [0.5, 0.6) is 0 Å². The number of esters is 1. The van der Waals surface area contributed by atoms with Crippen LogP contribution in [0.15, 0.2) is 36.5 Å². The molecule has 0 saturated carbocycles. The average Bonchev–Trinajstić information content (AvgIpc) is 3.13. The maximum Gasteiger partial charge on any atom is 0.306 e. The van der Waals surface area contributed by atoms with Gasteiger partial charge in [-0.1, -0.05) is 153 Å². The van der Waals surface area contributed by atoms with Gasteiger partial charge in [-0.15, -0.1) is 0 Å². The highest BCUT2D eigenvalue weighted by atomic mass is 31.2. The molecule has 9 heteroatoms. The van der Waals surface area contributed by atoms with Crippen LogP contribution < -0.4 is 4.89 Å². The molecule has 0 rings (SSSR count). The lowest BCUT2D eigenvalue weighted by Gasteiger charge is -2.28. The lowest BCUT2D eigenvalue weighted by Crippen LogP contribution is -2.37. The molecule has 55 heavy (non-hydrogen) atoms. The largest absolute Gasteiger partial charge is 0.756 e. The number of likely N-dealkylation sites (N-methyl/N-ethyl adjacent to an activating group) is 1. The zero-order valence-corrected chi connectivity index (χ0v) is 37.5. The van der Waals surface area contributed by atoms with Crippen molar-refractivity contribution in [2.45, 2.75) is 200 Å². The second kappa shape index (κ2) is 39.5. The molecule has 0 fully saturated rings. The molecule has 2 atom stereocenters. The Morgan fingerprint density at radius 2 is 1.00 bits per heavy atom. The van der Waals surface area contributed by atoms with Crippen molar-refractivity contribution in [3.63, 3.8) is 0 Å². The first-order valence-electron chi connectivity index (χ1n) is 22.7. The highest BCUT2D eigenvalue weighted by Gasteiger charge is 2.20. The lowest BCUT2D eigenvalue weighted by molar-refractivity contribution is -0.870. The van der Waals surface area contributed by atoms with E-state index in [4.69, 9.17) is 18.5 Å². The first kappa shape index (κ1) is 53.7. The Morgan fingerprint density at radius 1 is 0.564 bits per heavy atom. The molecule has 0 N–H and O–H groups in total. The van der Waals surface area contributed by atoms with E-state index in [1.165, 1.54) is 128 Å². The summed E-state index contributed by atoms with van der Waals surface area (Å²) in [4.78, 5) is 25.1. The minimum atomic E-state index is -4.53. The molecule has 0 saturated heterocycles. The van der Waals surface area contributed by atoms with E-state index < -0.39 is 13.9 Å². The number of carbonyl (C=O) groups is 1. The second-order valence-electron chi connectivity index (χ2n) is 16.4. The van der Waals surface area contributed by atoms with Gasteiger partial charge in [0.15, 0.2) is 0 Å². The first-order chi connectivity index (χ1) is 26.6. The zero-order chi connectivity index (χ0) is 40.6. The van der Waals surface area contributed by atoms with Crippen LogP contribution in [0.4, 0.5) is 0 Å². The number of quaternary nitrogens is 1. The van der Waals surface area contributed by atoms with Crippen molar-refractivity contribution in [3.8, 4) is 0 Å². The maximum atomic E-state index is 12.7. The quantitative estimate of drug-likeness (QED) is 0.0200. The smallest absolute Gasteiger partial charge is 0.306 e. The summed E-state index contributed by atoms with van der Waals surface area (Å²) in [6, 6.07) is 0. The summed E-state index contributed by atoms with van der Waals surface area (Å²) in [6.45, 7) is 5.37. The molecule has 8 nitrogen and oxygen atoms in total. The molecule has 2 unspecified atom stereocenters. The number of nitrogens with zero attached hydrogens (tertiary/aromatic N) is 1. The van der Waals surface area contributed by atoms with Crippen molar-refractivity contribution < 1.29 is 37.3 Å². The van der Waals surface area contributed by atoms with Gasteiger partial charge in [0.25, 0.3) is 7.82 Å². The monoisotopic (exact) mass is 798 g/mol. The van der Waals surface area contributed by atoms with E-state index in [1.807, 2.05) is 21.1 Å². The Bertz CT molecular complexity index is 978. The fourth-order valence-electron chi connectivity index (χ4n) is 6.10. The van der Waals surface area contributed by atoms with Gasteiger partial charge < -0.3 is 27.9 Å². The summed E-state index contributed by atoms with van der Waals surface area (Å²) in [6.07, 6.45) is 45.8. The normalized spacial score (nSPS) is 14.1. The van der Waals surface area contributed by atoms with Gasteiger partial charge in [-0.05, 0) is 70.6 Å². The van der Waals surface area contributed by atoms with Gasteiger partial charge in [-0.3, -0.25) is 9.36 Å². The Hall–Kier alpha value is -1.28. The van der Waals surface area contributed by atoms with E-state index in [9.17, 15) is 14.3 Å². The van der Waals surface area contributed by atoms with Gasteiger partial charge >= 0.3 is 5.97 Å². The summed E-state index contributed by atoms with van der Waals surface area (Å²) in [5, 5.41) is 0. The summed E-state index contributed by atoms with van der Waals surface area (Å²) in [5.41, 5.74) is 0. The molecular formula is C46H88NO7P. The Morgan fingerprint density at radius 3 is 1.51 bits per heavy atom. The number of ether oxygens (including phenoxy) is 2. The number of phosphoric ester groups is 1. The molecule has 0 amide bonds. The number of rotatable bonds is 42. The van der Waals surface area contributed by atoms with E-state index in [0.29, 0.717) is 24.1 Å². The fraction of sp³-hybridized carbons (Fsp3) is 0.848. The maximum absolute atomic E-state index is 12.7. The van der Waals surface area contributed by atoms with E-state index in [1.54, 1.807) is 0 Å². The molecular weight excluding hydrogens is 709 g/mol. The third kappa shape index (κ3) is 43.7. The van der Waals surface area contributed by atoms with Gasteiger partial charge in [0, 0.05) is 13.0 Å². The van der Waals surface area contributed by atoms with Crippen LogP contribution in [-0.2, 0) is 27.9 Å². The summed E-state index contributed by atoms with van der Waals surface area (Å²) < 4.78 is 34.6. The fourth-order valence-corrected chi connectivity index (χ4v) is 6.83.